The smallest absolute Gasteiger partial charge is 0.138 e. The zero-order chi connectivity index (χ0) is 13.4. The fourth-order valence-electron chi connectivity index (χ4n) is 2.97. The first-order valence-electron chi connectivity index (χ1n) is 7.10. The third kappa shape index (κ3) is 2.45. The number of nitrogens with two attached hydrogens (primary N) is 1. The van der Waals surface area contributed by atoms with Gasteiger partial charge in [-0.05, 0) is 51.3 Å². The van der Waals surface area contributed by atoms with Crippen molar-refractivity contribution in [1.29, 1.82) is 0 Å². The lowest BCUT2D eigenvalue weighted by molar-refractivity contribution is 0.265. The van der Waals surface area contributed by atoms with E-state index in [2.05, 4.69) is 29.9 Å². The molecule has 1 saturated heterocycles. The van der Waals surface area contributed by atoms with Crippen molar-refractivity contribution >= 4 is 11.5 Å². The van der Waals surface area contributed by atoms with Gasteiger partial charge in [-0.3, -0.25) is 4.40 Å². The van der Waals surface area contributed by atoms with Crippen molar-refractivity contribution in [2.24, 2.45) is 5.92 Å². The molecule has 1 aliphatic rings. The third-order valence-corrected chi connectivity index (χ3v) is 4.12. The second-order valence-corrected chi connectivity index (χ2v) is 5.86. The third-order valence-electron chi connectivity index (χ3n) is 4.12. The summed E-state index contributed by atoms with van der Waals surface area (Å²) in [5.74, 6) is 1.49. The number of pyridine rings is 1. The van der Waals surface area contributed by atoms with Gasteiger partial charge in [0.1, 0.15) is 11.5 Å². The van der Waals surface area contributed by atoms with Crippen molar-refractivity contribution in [1.82, 2.24) is 14.3 Å². The second-order valence-electron chi connectivity index (χ2n) is 5.86. The van der Waals surface area contributed by atoms with Crippen LogP contribution in [0.15, 0.2) is 24.4 Å². The first-order chi connectivity index (χ1) is 9.13. The normalized spacial score (nSPS) is 20.7. The van der Waals surface area contributed by atoms with Crippen LogP contribution in [-0.4, -0.2) is 33.4 Å². The number of aromatic nitrogens is 2. The number of likely N-dealkylation sites (tertiary alicyclic amines) is 1. The second kappa shape index (κ2) is 4.85. The van der Waals surface area contributed by atoms with Crippen LogP contribution in [0.1, 0.15) is 26.0 Å². The number of imidazole rings is 1. The average Bonchev–Trinajstić information content (AvgIpc) is 2.96. The number of rotatable bonds is 3. The Labute approximate surface area is 114 Å². The van der Waals surface area contributed by atoms with E-state index >= 15 is 0 Å². The minimum absolute atomic E-state index is 0.654. The maximum Gasteiger partial charge on any atom is 0.138 e. The Balaban J connectivity index is 1.74. The molecule has 0 amide bonds. The molecule has 2 N–H and O–H groups in total. The zero-order valence-corrected chi connectivity index (χ0v) is 11.7. The van der Waals surface area contributed by atoms with E-state index in [1.54, 1.807) is 0 Å². The van der Waals surface area contributed by atoms with Gasteiger partial charge in [-0.1, -0.05) is 6.07 Å². The van der Waals surface area contributed by atoms with Crippen molar-refractivity contribution in [3.05, 3.63) is 30.1 Å². The highest BCUT2D eigenvalue weighted by molar-refractivity contribution is 5.48. The Kier molecular flexibility index (Phi) is 3.19. The van der Waals surface area contributed by atoms with Crippen LogP contribution >= 0.6 is 0 Å². The molecule has 0 saturated carbocycles. The summed E-state index contributed by atoms with van der Waals surface area (Å²) in [7, 11) is 0. The predicted molar refractivity (Wildman–Crippen MR) is 78.1 cm³/mol. The molecular weight excluding hydrogens is 236 g/mol. The first-order valence-corrected chi connectivity index (χ1v) is 7.10. The lowest BCUT2D eigenvalue weighted by atomic mass is 10.0. The van der Waals surface area contributed by atoms with Gasteiger partial charge in [0, 0.05) is 18.8 Å². The minimum atomic E-state index is 0.654. The highest BCUT2D eigenvalue weighted by Crippen LogP contribution is 2.22. The van der Waals surface area contributed by atoms with E-state index in [0.717, 1.165) is 29.5 Å². The molecule has 0 radical (unpaired) electrons. The average molecular weight is 258 g/mol. The van der Waals surface area contributed by atoms with Gasteiger partial charge in [0.05, 0.1) is 5.69 Å². The standard InChI is InChI=1S/C15H22N4/c1-11(2)18-7-6-12(9-18)8-13-10-19-14(16)4-3-5-15(19)17-13/h3-5,10-12H,6-9,16H2,1-2H3. The summed E-state index contributed by atoms with van der Waals surface area (Å²) in [6.45, 7) is 6.96. The molecule has 1 atom stereocenters. The maximum absolute atomic E-state index is 5.95. The number of hydrogen-bond acceptors (Lipinski definition) is 3. The Morgan fingerprint density at radius 1 is 1.42 bits per heavy atom. The summed E-state index contributed by atoms with van der Waals surface area (Å²) in [4.78, 5) is 7.22. The molecule has 4 heteroatoms. The SMILES string of the molecule is CC(C)N1CCC(Cc2cn3c(N)cccc3n2)C1. The summed E-state index contributed by atoms with van der Waals surface area (Å²) < 4.78 is 1.98. The van der Waals surface area contributed by atoms with Gasteiger partial charge in [-0.25, -0.2) is 4.98 Å². The van der Waals surface area contributed by atoms with Crippen LogP contribution in [0.25, 0.3) is 5.65 Å². The van der Waals surface area contributed by atoms with Gasteiger partial charge in [-0.2, -0.15) is 0 Å². The van der Waals surface area contributed by atoms with Gasteiger partial charge in [-0.15, -0.1) is 0 Å². The first kappa shape index (κ1) is 12.5. The van der Waals surface area contributed by atoms with Crippen molar-refractivity contribution < 1.29 is 0 Å². The number of nitrogens with zero attached hydrogens (tertiary/aromatic N) is 3. The van der Waals surface area contributed by atoms with E-state index in [0.29, 0.717) is 6.04 Å². The van der Waals surface area contributed by atoms with Gasteiger partial charge >= 0.3 is 0 Å². The molecule has 1 aliphatic heterocycles. The summed E-state index contributed by atoms with van der Waals surface area (Å²) in [6.07, 6.45) is 4.43. The molecule has 0 spiro atoms. The van der Waals surface area contributed by atoms with Crippen LogP contribution in [0.2, 0.25) is 0 Å². The van der Waals surface area contributed by atoms with Crippen molar-refractivity contribution in [3.8, 4) is 0 Å². The van der Waals surface area contributed by atoms with Gasteiger partial charge in [0.15, 0.2) is 0 Å². The number of anilines is 1. The van der Waals surface area contributed by atoms with Crippen LogP contribution in [0.4, 0.5) is 5.82 Å². The Bertz CT molecular complexity index is 573. The molecule has 19 heavy (non-hydrogen) atoms. The topological polar surface area (TPSA) is 46.6 Å². The molecule has 2 aromatic heterocycles. The van der Waals surface area contributed by atoms with Crippen molar-refractivity contribution in [2.75, 3.05) is 18.8 Å². The van der Waals surface area contributed by atoms with Gasteiger partial charge in [0.25, 0.3) is 0 Å². The molecule has 2 aromatic rings. The number of hydrogen-bond donors (Lipinski definition) is 1. The lowest BCUT2D eigenvalue weighted by Crippen LogP contribution is -2.28. The van der Waals surface area contributed by atoms with E-state index in [9.17, 15) is 0 Å². The lowest BCUT2D eigenvalue weighted by Gasteiger charge is -2.19. The highest BCUT2D eigenvalue weighted by atomic mass is 15.2. The van der Waals surface area contributed by atoms with Crippen LogP contribution in [0, 0.1) is 5.92 Å². The fourth-order valence-corrected chi connectivity index (χ4v) is 2.97. The fraction of sp³-hybridized carbons (Fsp3) is 0.533. The quantitative estimate of drug-likeness (QED) is 0.918. The van der Waals surface area contributed by atoms with E-state index in [4.69, 9.17) is 5.73 Å². The molecule has 4 nitrogen and oxygen atoms in total. The van der Waals surface area contributed by atoms with E-state index < -0.39 is 0 Å². The molecule has 3 rings (SSSR count). The largest absolute Gasteiger partial charge is 0.385 e. The molecular formula is C15H22N4. The number of nitrogen functional groups attached to an aromatic ring is 1. The zero-order valence-electron chi connectivity index (χ0n) is 11.7. The Morgan fingerprint density at radius 2 is 2.26 bits per heavy atom. The molecule has 1 fully saturated rings. The summed E-state index contributed by atoms with van der Waals surface area (Å²) in [6, 6.07) is 6.53. The summed E-state index contributed by atoms with van der Waals surface area (Å²) in [5.41, 5.74) is 8.07. The summed E-state index contributed by atoms with van der Waals surface area (Å²) in [5, 5.41) is 0. The van der Waals surface area contributed by atoms with Crippen LogP contribution in [-0.2, 0) is 6.42 Å². The van der Waals surface area contributed by atoms with Crippen LogP contribution in [0.3, 0.4) is 0 Å². The van der Waals surface area contributed by atoms with Crippen molar-refractivity contribution in [2.45, 2.75) is 32.7 Å². The van der Waals surface area contributed by atoms with E-state index in [1.807, 2.05) is 22.6 Å². The van der Waals surface area contributed by atoms with Crippen molar-refractivity contribution in [3.63, 3.8) is 0 Å². The maximum atomic E-state index is 5.95. The Hall–Kier alpha value is -1.55. The molecule has 102 valence electrons. The molecule has 0 aromatic carbocycles. The van der Waals surface area contributed by atoms with Crippen LogP contribution < -0.4 is 5.73 Å². The molecule has 1 unspecified atom stereocenters. The predicted octanol–water partition coefficient (Wildman–Crippen LogP) is 2.19. The van der Waals surface area contributed by atoms with Gasteiger partial charge < -0.3 is 10.6 Å². The molecule has 0 aliphatic carbocycles. The Morgan fingerprint density at radius 3 is 2.95 bits per heavy atom. The molecule has 0 bridgehead atoms. The van der Waals surface area contributed by atoms with Gasteiger partial charge in [0.2, 0.25) is 0 Å². The van der Waals surface area contributed by atoms with E-state index in [-0.39, 0.29) is 0 Å². The minimum Gasteiger partial charge on any atom is -0.385 e. The summed E-state index contributed by atoms with van der Waals surface area (Å²) >= 11 is 0. The molecule has 3 heterocycles. The number of fused-ring (bicyclic) bond motifs is 1. The van der Waals surface area contributed by atoms with Crippen LogP contribution in [0.5, 0.6) is 0 Å². The highest BCUT2D eigenvalue weighted by Gasteiger charge is 2.24. The van der Waals surface area contributed by atoms with E-state index in [1.165, 1.54) is 19.5 Å². The monoisotopic (exact) mass is 258 g/mol.